The normalized spacial score (nSPS) is 12.9. The standard InChI is InChI=1S/C71H48N2/c1-71(2)65-43-55(51-27-23-45-37-49(25-21-47(45)39-51)53-31-35-69-63(41-53)61-17-9-11-19-67(61)72(69)57-13-5-3-6-14-57)29-33-59(65)60-34-30-56(44-66(60)71)52-28-24-46-38-50(26-22-48(46)40-52)54-32-36-70-64(42-54)62-18-10-12-20-68(62)73(70)58-15-7-4-8-16-58/h3-44H,1-2H3. The average Bonchev–Trinajstić information content (AvgIpc) is 4.04. The van der Waals surface area contributed by atoms with E-state index >= 15 is 0 Å². The smallest absolute Gasteiger partial charge is 0.0541 e. The van der Waals surface area contributed by atoms with Gasteiger partial charge in [0.05, 0.1) is 22.1 Å². The highest BCUT2D eigenvalue weighted by molar-refractivity contribution is 6.12. The second kappa shape index (κ2) is 15.9. The highest BCUT2D eigenvalue weighted by Crippen LogP contribution is 2.51. The molecular formula is C71H48N2. The Kier molecular flexibility index (Phi) is 9.04. The number of benzene rings is 12. The molecule has 2 nitrogen and oxygen atoms in total. The van der Waals surface area contributed by atoms with E-state index in [0.29, 0.717) is 0 Å². The third-order valence-corrected chi connectivity index (χ3v) is 16.1. The summed E-state index contributed by atoms with van der Waals surface area (Å²) in [5, 5.41) is 10.0. The van der Waals surface area contributed by atoms with Crippen LogP contribution in [0.2, 0.25) is 0 Å². The molecule has 1 aliphatic carbocycles. The van der Waals surface area contributed by atoms with Crippen LogP contribution in [0.25, 0.3) is 132 Å². The zero-order chi connectivity index (χ0) is 48.4. The Balaban J connectivity index is 0.707. The van der Waals surface area contributed by atoms with Crippen LogP contribution in [0.15, 0.2) is 255 Å². The van der Waals surface area contributed by atoms with E-state index in [1.165, 1.54) is 143 Å². The lowest BCUT2D eigenvalue weighted by molar-refractivity contribution is 0.661. The molecule has 0 atom stereocenters. The third kappa shape index (κ3) is 6.50. The lowest BCUT2D eigenvalue weighted by Gasteiger charge is -2.23. The van der Waals surface area contributed by atoms with Gasteiger partial charge in [0, 0.05) is 38.3 Å². The number of fused-ring (bicyclic) bond motifs is 11. The molecule has 12 aromatic carbocycles. The van der Waals surface area contributed by atoms with Crippen LogP contribution in [0.4, 0.5) is 0 Å². The fourth-order valence-corrected chi connectivity index (χ4v) is 12.3. The van der Waals surface area contributed by atoms with Gasteiger partial charge in [0.1, 0.15) is 0 Å². The Morgan fingerprint density at radius 1 is 0.247 bits per heavy atom. The maximum atomic E-state index is 2.44. The molecule has 0 N–H and O–H groups in total. The Hall–Kier alpha value is -9.24. The number of para-hydroxylation sites is 4. The van der Waals surface area contributed by atoms with E-state index in [9.17, 15) is 0 Å². The second-order valence-corrected chi connectivity index (χ2v) is 20.5. The maximum absolute atomic E-state index is 2.44. The Morgan fingerprint density at radius 3 is 0.945 bits per heavy atom. The average molecular weight is 929 g/mol. The lowest BCUT2D eigenvalue weighted by atomic mass is 9.80. The molecule has 0 unspecified atom stereocenters. The summed E-state index contributed by atoms with van der Waals surface area (Å²) in [6.45, 7) is 4.78. The Bertz CT molecular complexity index is 4270. The van der Waals surface area contributed by atoms with E-state index in [0.717, 1.165) is 0 Å². The summed E-state index contributed by atoms with van der Waals surface area (Å²) < 4.78 is 4.75. The molecule has 0 spiro atoms. The molecule has 0 bridgehead atoms. The van der Waals surface area contributed by atoms with E-state index in [1.54, 1.807) is 0 Å². The van der Waals surface area contributed by atoms with Crippen LogP contribution in [-0.2, 0) is 5.41 Å². The van der Waals surface area contributed by atoms with E-state index in [2.05, 4.69) is 278 Å². The molecule has 2 heteroatoms. The Morgan fingerprint density at radius 2 is 0.548 bits per heavy atom. The second-order valence-electron chi connectivity index (χ2n) is 20.5. The van der Waals surface area contributed by atoms with Gasteiger partial charge in [-0.2, -0.15) is 0 Å². The Labute approximate surface area is 424 Å². The van der Waals surface area contributed by atoms with Crippen molar-refractivity contribution in [3.8, 4) is 67.0 Å². The van der Waals surface area contributed by atoms with Gasteiger partial charge in [-0.25, -0.2) is 0 Å². The van der Waals surface area contributed by atoms with Crippen molar-refractivity contribution in [3.63, 3.8) is 0 Å². The predicted octanol–water partition coefficient (Wildman–Crippen LogP) is 19.2. The van der Waals surface area contributed by atoms with Crippen LogP contribution in [0.3, 0.4) is 0 Å². The molecule has 1 aliphatic rings. The number of aromatic nitrogens is 2. The fraction of sp³-hybridized carbons (Fsp3) is 0.0423. The molecule has 0 saturated carbocycles. The van der Waals surface area contributed by atoms with Crippen LogP contribution >= 0.6 is 0 Å². The van der Waals surface area contributed by atoms with Crippen molar-refractivity contribution >= 4 is 65.2 Å². The summed E-state index contributed by atoms with van der Waals surface area (Å²) in [7, 11) is 0. The SMILES string of the molecule is CC1(C)c2cc(-c3ccc4cc(-c5ccc6c(c5)c5ccccc5n6-c5ccccc5)ccc4c3)ccc2-c2ccc(-c3ccc4cc(-c5ccc6c(c5)c5ccccc5n6-c5ccccc5)ccc4c3)cc21. The number of hydrogen-bond donors (Lipinski definition) is 0. The van der Waals surface area contributed by atoms with Crippen molar-refractivity contribution in [1.29, 1.82) is 0 Å². The first-order chi connectivity index (χ1) is 35.9. The summed E-state index contributed by atoms with van der Waals surface area (Å²) in [4.78, 5) is 0. The van der Waals surface area contributed by atoms with Crippen LogP contribution in [0.5, 0.6) is 0 Å². The van der Waals surface area contributed by atoms with Crippen molar-refractivity contribution < 1.29 is 0 Å². The van der Waals surface area contributed by atoms with Crippen LogP contribution in [0, 0.1) is 0 Å². The molecule has 2 heterocycles. The van der Waals surface area contributed by atoms with Gasteiger partial charge in [-0.1, -0.05) is 172 Å². The van der Waals surface area contributed by atoms with Crippen LogP contribution < -0.4 is 0 Å². The minimum Gasteiger partial charge on any atom is -0.309 e. The molecule has 0 saturated heterocycles. The van der Waals surface area contributed by atoms with Gasteiger partial charge < -0.3 is 9.13 Å². The van der Waals surface area contributed by atoms with Gasteiger partial charge in [-0.05, 0) is 185 Å². The zero-order valence-electron chi connectivity index (χ0n) is 40.6. The predicted molar refractivity (Wildman–Crippen MR) is 309 cm³/mol. The summed E-state index contributed by atoms with van der Waals surface area (Å²) in [6, 6.07) is 94.6. The van der Waals surface area contributed by atoms with E-state index in [1.807, 2.05) is 0 Å². The molecule has 342 valence electrons. The van der Waals surface area contributed by atoms with Gasteiger partial charge in [-0.15, -0.1) is 0 Å². The number of rotatable bonds is 6. The van der Waals surface area contributed by atoms with Crippen molar-refractivity contribution in [3.05, 3.63) is 266 Å². The van der Waals surface area contributed by atoms with E-state index in [-0.39, 0.29) is 5.41 Å². The first kappa shape index (κ1) is 41.5. The largest absolute Gasteiger partial charge is 0.309 e. The zero-order valence-corrected chi connectivity index (χ0v) is 40.6. The van der Waals surface area contributed by atoms with E-state index in [4.69, 9.17) is 0 Å². The van der Waals surface area contributed by atoms with Crippen LogP contribution in [0.1, 0.15) is 25.0 Å². The summed E-state index contributed by atoms with van der Waals surface area (Å²) >= 11 is 0. The van der Waals surface area contributed by atoms with Gasteiger partial charge in [0.25, 0.3) is 0 Å². The number of nitrogens with zero attached hydrogens (tertiary/aromatic N) is 2. The van der Waals surface area contributed by atoms with Gasteiger partial charge in [0.2, 0.25) is 0 Å². The van der Waals surface area contributed by atoms with Crippen molar-refractivity contribution in [2.45, 2.75) is 19.3 Å². The minimum absolute atomic E-state index is 0.156. The van der Waals surface area contributed by atoms with Gasteiger partial charge in [0.15, 0.2) is 0 Å². The molecular weight excluding hydrogens is 881 g/mol. The molecule has 0 amide bonds. The number of hydrogen-bond acceptors (Lipinski definition) is 0. The van der Waals surface area contributed by atoms with Crippen molar-refractivity contribution in [2.24, 2.45) is 0 Å². The third-order valence-electron chi connectivity index (χ3n) is 16.1. The molecule has 0 radical (unpaired) electrons. The summed E-state index contributed by atoms with van der Waals surface area (Å²) in [5.74, 6) is 0. The molecule has 0 aliphatic heterocycles. The maximum Gasteiger partial charge on any atom is 0.0541 e. The quantitative estimate of drug-likeness (QED) is 0.157. The first-order valence-electron chi connectivity index (χ1n) is 25.5. The molecule has 14 aromatic rings. The van der Waals surface area contributed by atoms with Crippen molar-refractivity contribution in [2.75, 3.05) is 0 Å². The highest BCUT2D eigenvalue weighted by Gasteiger charge is 2.36. The molecule has 73 heavy (non-hydrogen) atoms. The van der Waals surface area contributed by atoms with Crippen molar-refractivity contribution in [1.82, 2.24) is 9.13 Å². The minimum atomic E-state index is -0.156. The lowest BCUT2D eigenvalue weighted by Crippen LogP contribution is -2.15. The molecule has 0 fully saturated rings. The highest BCUT2D eigenvalue weighted by atomic mass is 15.0. The van der Waals surface area contributed by atoms with Crippen LogP contribution in [-0.4, -0.2) is 9.13 Å². The molecule has 2 aromatic heterocycles. The first-order valence-corrected chi connectivity index (χ1v) is 25.5. The summed E-state index contributed by atoms with van der Waals surface area (Å²) in [5.41, 5.74) is 22.4. The van der Waals surface area contributed by atoms with Gasteiger partial charge >= 0.3 is 0 Å². The van der Waals surface area contributed by atoms with E-state index < -0.39 is 0 Å². The molecule has 15 rings (SSSR count). The topological polar surface area (TPSA) is 9.86 Å². The van der Waals surface area contributed by atoms with Gasteiger partial charge in [-0.3, -0.25) is 0 Å². The fourth-order valence-electron chi connectivity index (χ4n) is 12.3. The summed E-state index contributed by atoms with van der Waals surface area (Å²) in [6.07, 6.45) is 0. The monoisotopic (exact) mass is 928 g/mol.